The van der Waals surface area contributed by atoms with Crippen molar-refractivity contribution in [3.63, 3.8) is 0 Å². The summed E-state index contributed by atoms with van der Waals surface area (Å²) < 4.78 is 0. The van der Waals surface area contributed by atoms with Gasteiger partial charge in [0, 0.05) is 45.3 Å². The first-order chi connectivity index (χ1) is 7.67. The molecule has 0 spiro atoms. The maximum atomic E-state index is 5.85. The summed E-state index contributed by atoms with van der Waals surface area (Å²) >= 11 is 0. The van der Waals surface area contributed by atoms with Crippen molar-refractivity contribution in [2.75, 3.05) is 39.3 Å². The highest BCUT2D eigenvalue weighted by molar-refractivity contribution is 4.79. The van der Waals surface area contributed by atoms with Crippen LogP contribution in [0.2, 0.25) is 0 Å². The fourth-order valence-corrected chi connectivity index (χ4v) is 2.61. The number of hydrogen-bond donors (Lipinski definition) is 1. The fraction of sp³-hybridized carbons (Fsp3) is 1.00. The van der Waals surface area contributed by atoms with Crippen LogP contribution in [0.3, 0.4) is 0 Å². The van der Waals surface area contributed by atoms with Gasteiger partial charge in [-0.1, -0.05) is 27.2 Å². The quantitative estimate of drug-likeness (QED) is 0.744. The van der Waals surface area contributed by atoms with Gasteiger partial charge in [-0.25, -0.2) is 0 Å². The summed E-state index contributed by atoms with van der Waals surface area (Å²) in [5, 5.41) is 0. The molecular formula is C13H29N3. The molecule has 0 aliphatic carbocycles. The van der Waals surface area contributed by atoms with Crippen molar-refractivity contribution in [3.8, 4) is 0 Å². The molecule has 3 heteroatoms. The summed E-state index contributed by atoms with van der Waals surface area (Å²) in [5.41, 5.74) is 5.85. The predicted octanol–water partition coefficient (Wildman–Crippen LogP) is 1.39. The van der Waals surface area contributed by atoms with Gasteiger partial charge in [0.2, 0.25) is 0 Å². The molecule has 1 unspecified atom stereocenters. The van der Waals surface area contributed by atoms with Crippen LogP contribution in [0.15, 0.2) is 0 Å². The Hall–Kier alpha value is -0.120. The molecule has 0 aromatic heterocycles. The van der Waals surface area contributed by atoms with Crippen molar-refractivity contribution in [2.24, 2.45) is 11.7 Å². The van der Waals surface area contributed by atoms with Crippen LogP contribution >= 0.6 is 0 Å². The number of hydrogen-bond acceptors (Lipinski definition) is 3. The van der Waals surface area contributed by atoms with E-state index in [9.17, 15) is 0 Å². The lowest BCUT2D eigenvalue weighted by Gasteiger charge is -2.39. The highest BCUT2D eigenvalue weighted by Crippen LogP contribution is 2.11. The van der Waals surface area contributed by atoms with Gasteiger partial charge in [-0.3, -0.25) is 4.90 Å². The Bertz CT molecular complexity index is 174. The molecule has 0 aromatic carbocycles. The van der Waals surface area contributed by atoms with Gasteiger partial charge in [-0.05, 0) is 12.3 Å². The van der Waals surface area contributed by atoms with Crippen LogP contribution in [0.1, 0.15) is 33.6 Å². The van der Waals surface area contributed by atoms with Crippen LogP contribution < -0.4 is 5.73 Å². The van der Waals surface area contributed by atoms with Crippen LogP contribution in [0.5, 0.6) is 0 Å². The second-order valence-electron chi connectivity index (χ2n) is 5.41. The Labute approximate surface area is 101 Å². The van der Waals surface area contributed by atoms with Crippen molar-refractivity contribution in [1.29, 1.82) is 0 Å². The maximum Gasteiger partial charge on any atom is 0.0219 e. The normalized spacial score (nSPS) is 21.6. The zero-order valence-electron chi connectivity index (χ0n) is 11.3. The molecule has 1 heterocycles. The zero-order chi connectivity index (χ0) is 12.0. The molecule has 1 fully saturated rings. The van der Waals surface area contributed by atoms with Crippen LogP contribution in [-0.2, 0) is 0 Å². The summed E-state index contributed by atoms with van der Waals surface area (Å²) in [6.45, 7) is 13.8. The van der Waals surface area contributed by atoms with Crippen LogP contribution in [0.25, 0.3) is 0 Å². The molecule has 16 heavy (non-hydrogen) atoms. The number of nitrogens with zero attached hydrogens (tertiary/aromatic N) is 2. The van der Waals surface area contributed by atoms with Crippen LogP contribution in [0, 0.1) is 5.92 Å². The van der Waals surface area contributed by atoms with E-state index in [1.165, 1.54) is 45.6 Å². The first kappa shape index (κ1) is 13.9. The molecule has 1 aliphatic heterocycles. The van der Waals surface area contributed by atoms with Crippen molar-refractivity contribution in [1.82, 2.24) is 9.80 Å². The van der Waals surface area contributed by atoms with Gasteiger partial charge in [0.1, 0.15) is 0 Å². The average Bonchev–Trinajstić information content (AvgIpc) is 2.26. The molecule has 0 aromatic rings. The van der Waals surface area contributed by atoms with Crippen molar-refractivity contribution < 1.29 is 0 Å². The minimum absolute atomic E-state index is 0.617. The molecule has 3 nitrogen and oxygen atoms in total. The third-order valence-electron chi connectivity index (χ3n) is 3.44. The van der Waals surface area contributed by atoms with Crippen molar-refractivity contribution in [2.45, 2.75) is 39.7 Å². The summed E-state index contributed by atoms with van der Waals surface area (Å²) in [5.74, 6) is 0.785. The molecular weight excluding hydrogens is 198 g/mol. The smallest absolute Gasteiger partial charge is 0.0219 e. The molecule has 0 bridgehead atoms. The molecule has 1 atom stereocenters. The Kier molecular flexibility index (Phi) is 6.32. The van der Waals surface area contributed by atoms with Crippen LogP contribution in [0.4, 0.5) is 0 Å². The molecule has 0 saturated carbocycles. The SMILES string of the molecule is CCCC(CN)N1CCN(CC(C)C)CC1. The lowest BCUT2D eigenvalue weighted by molar-refractivity contribution is 0.0878. The third kappa shape index (κ3) is 4.40. The maximum absolute atomic E-state index is 5.85. The second kappa shape index (κ2) is 7.25. The predicted molar refractivity (Wildman–Crippen MR) is 70.6 cm³/mol. The molecule has 1 rings (SSSR count). The monoisotopic (exact) mass is 227 g/mol. The molecule has 1 aliphatic rings. The van der Waals surface area contributed by atoms with Gasteiger partial charge in [0.15, 0.2) is 0 Å². The summed E-state index contributed by atoms with van der Waals surface area (Å²) in [7, 11) is 0. The van der Waals surface area contributed by atoms with E-state index in [4.69, 9.17) is 5.73 Å². The van der Waals surface area contributed by atoms with Gasteiger partial charge >= 0.3 is 0 Å². The highest BCUT2D eigenvalue weighted by atomic mass is 15.3. The minimum atomic E-state index is 0.617. The van der Waals surface area contributed by atoms with E-state index in [0.717, 1.165) is 12.5 Å². The van der Waals surface area contributed by atoms with Crippen molar-refractivity contribution >= 4 is 0 Å². The largest absolute Gasteiger partial charge is 0.329 e. The van der Waals surface area contributed by atoms with Gasteiger partial charge in [-0.2, -0.15) is 0 Å². The van der Waals surface area contributed by atoms with Crippen LogP contribution in [-0.4, -0.2) is 55.1 Å². The fourth-order valence-electron chi connectivity index (χ4n) is 2.61. The number of rotatable bonds is 6. The van der Waals surface area contributed by atoms with E-state index in [-0.39, 0.29) is 0 Å². The minimum Gasteiger partial charge on any atom is -0.329 e. The number of piperazine rings is 1. The Morgan fingerprint density at radius 1 is 1.12 bits per heavy atom. The molecule has 0 radical (unpaired) electrons. The second-order valence-corrected chi connectivity index (χ2v) is 5.41. The Morgan fingerprint density at radius 2 is 1.75 bits per heavy atom. The highest BCUT2D eigenvalue weighted by Gasteiger charge is 2.22. The van der Waals surface area contributed by atoms with Gasteiger partial charge in [-0.15, -0.1) is 0 Å². The lowest BCUT2D eigenvalue weighted by atomic mass is 10.1. The number of nitrogens with two attached hydrogens (primary N) is 1. The van der Waals surface area contributed by atoms with E-state index < -0.39 is 0 Å². The van der Waals surface area contributed by atoms with Gasteiger partial charge in [0.25, 0.3) is 0 Å². The first-order valence-electron chi connectivity index (χ1n) is 6.83. The van der Waals surface area contributed by atoms with E-state index in [1.54, 1.807) is 0 Å². The van der Waals surface area contributed by atoms with E-state index in [0.29, 0.717) is 6.04 Å². The van der Waals surface area contributed by atoms with Gasteiger partial charge in [0.05, 0.1) is 0 Å². The standard InChI is InChI=1S/C13H29N3/c1-4-5-13(10-14)16-8-6-15(7-9-16)11-12(2)3/h12-13H,4-11,14H2,1-3H3. The van der Waals surface area contributed by atoms with E-state index in [2.05, 4.69) is 30.6 Å². The third-order valence-corrected chi connectivity index (χ3v) is 3.44. The summed E-state index contributed by atoms with van der Waals surface area (Å²) in [6.07, 6.45) is 2.49. The Morgan fingerprint density at radius 3 is 2.19 bits per heavy atom. The average molecular weight is 227 g/mol. The molecule has 2 N–H and O–H groups in total. The molecule has 0 amide bonds. The summed E-state index contributed by atoms with van der Waals surface area (Å²) in [4.78, 5) is 5.17. The Balaban J connectivity index is 2.29. The topological polar surface area (TPSA) is 32.5 Å². The zero-order valence-corrected chi connectivity index (χ0v) is 11.3. The molecule has 1 saturated heterocycles. The van der Waals surface area contributed by atoms with E-state index >= 15 is 0 Å². The van der Waals surface area contributed by atoms with Gasteiger partial charge < -0.3 is 10.6 Å². The molecule has 96 valence electrons. The summed E-state index contributed by atoms with van der Waals surface area (Å²) in [6, 6.07) is 0.617. The lowest BCUT2D eigenvalue weighted by Crippen LogP contribution is -2.52. The van der Waals surface area contributed by atoms with E-state index in [1.807, 2.05) is 0 Å². The van der Waals surface area contributed by atoms with Crippen molar-refractivity contribution in [3.05, 3.63) is 0 Å². The first-order valence-corrected chi connectivity index (χ1v) is 6.83.